The molecule has 0 amide bonds. The maximum absolute atomic E-state index is 2.52. The molecule has 0 unspecified atom stereocenters. The Morgan fingerprint density at radius 1 is 0.468 bits per heavy atom. The van der Waals surface area contributed by atoms with E-state index in [2.05, 4.69) is 138 Å². The molecule has 0 atom stereocenters. The van der Waals surface area contributed by atoms with Gasteiger partial charge in [-0.25, -0.2) is 0 Å². The SMILES string of the molecule is C[Si](C)=[Zr+2].Cc1cc(C)cc(-c2cccc3[cH-]c(CC4C5CC6CC(C5)CC4C6)cc23)c1.Cc1cc(C)cc(-c2cccc3[cH-]c(CC4C5CC6CC(C5)CC4C6)cc23)c1.[Cl-].[Cl-]. The molecule has 6 aromatic rings. The van der Waals surface area contributed by atoms with E-state index < -0.39 is 0 Å². The molecule has 14 rings (SSSR count). The van der Waals surface area contributed by atoms with E-state index in [0.717, 1.165) is 59.2 Å². The van der Waals surface area contributed by atoms with Crippen LogP contribution in [0.3, 0.4) is 0 Å². The van der Waals surface area contributed by atoms with Gasteiger partial charge < -0.3 is 24.8 Å². The summed E-state index contributed by atoms with van der Waals surface area (Å²) in [5, 5.41) is 5.75. The third kappa shape index (κ3) is 9.81. The van der Waals surface area contributed by atoms with Crippen LogP contribution in [0.25, 0.3) is 43.8 Å². The molecule has 8 fully saturated rings. The van der Waals surface area contributed by atoms with Gasteiger partial charge in [-0.1, -0.05) is 81.9 Å². The van der Waals surface area contributed by atoms with Crippen LogP contribution in [-0.2, 0) is 36.2 Å². The van der Waals surface area contributed by atoms with Crippen molar-refractivity contribution in [1.29, 1.82) is 0 Å². The van der Waals surface area contributed by atoms with Gasteiger partial charge in [0.15, 0.2) is 0 Å². The summed E-state index contributed by atoms with van der Waals surface area (Å²) < 4.78 is 0. The molecule has 324 valence electrons. The number of fused-ring (bicyclic) bond motifs is 2. The van der Waals surface area contributed by atoms with Crippen LogP contribution >= 0.6 is 0 Å². The number of halogens is 2. The molecule has 0 N–H and O–H groups in total. The summed E-state index contributed by atoms with van der Waals surface area (Å²) in [6.45, 7) is 13.4. The number of hydrogen-bond donors (Lipinski definition) is 0. The Bertz CT molecular complexity index is 2270. The average Bonchev–Trinajstić information content (AvgIpc) is 3.80. The Morgan fingerprint density at radius 2 is 0.774 bits per heavy atom. The second-order valence-corrected chi connectivity index (χ2v) is 31.1. The largest absolute Gasteiger partial charge is 1.00 e. The molecular formula is C58H68Cl2SiZr-2. The van der Waals surface area contributed by atoms with Gasteiger partial charge in [0.2, 0.25) is 0 Å². The van der Waals surface area contributed by atoms with Crippen LogP contribution in [0.5, 0.6) is 0 Å². The third-order valence-corrected chi connectivity index (χ3v) is 16.5. The van der Waals surface area contributed by atoms with Crippen LogP contribution in [-0.4, -0.2) is 5.43 Å². The van der Waals surface area contributed by atoms with Crippen molar-refractivity contribution in [2.45, 2.75) is 118 Å². The average molecular weight is 955 g/mol. The summed E-state index contributed by atoms with van der Waals surface area (Å²) in [7, 11) is 0. The summed E-state index contributed by atoms with van der Waals surface area (Å²) in [5.41, 5.74) is 14.3. The molecule has 8 saturated carbocycles. The van der Waals surface area contributed by atoms with E-state index in [9.17, 15) is 0 Å². The predicted molar refractivity (Wildman–Crippen MR) is 255 cm³/mol. The Labute approximate surface area is 401 Å². The van der Waals surface area contributed by atoms with Gasteiger partial charge in [0.25, 0.3) is 0 Å². The van der Waals surface area contributed by atoms with Crippen molar-refractivity contribution >= 4 is 27.0 Å². The smallest absolute Gasteiger partial charge is 0.0274 e. The zero-order valence-corrected chi connectivity index (χ0v) is 43.2. The molecule has 0 radical (unpaired) electrons. The van der Waals surface area contributed by atoms with Crippen molar-refractivity contribution in [1.82, 2.24) is 0 Å². The predicted octanol–water partition coefficient (Wildman–Crippen LogP) is 9.71. The normalized spacial score (nSPS) is 28.5. The topological polar surface area (TPSA) is 0 Å². The van der Waals surface area contributed by atoms with E-state index in [4.69, 9.17) is 0 Å². The Hall–Kier alpha value is -2.22. The van der Waals surface area contributed by atoms with Crippen LogP contribution in [0.2, 0.25) is 13.1 Å². The fraction of sp³-hybridized carbons (Fsp3) is 0.483. The van der Waals surface area contributed by atoms with Crippen LogP contribution in [0.1, 0.15) is 97.6 Å². The summed E-state index contributed by atoms with van der Waals surface area (Å²) in [6.07, 6.45) is 18.0. The molecule has 0 aromatic heterocycles. The molecule has 0 aliphatic heterocycles. The molecule has 4 heteroatoms. The Morgan fingerprint density at radius 3 is 1.08 bits per heavy atom. The summed E-state index contributed by atoms with van der Waals surface area (Å²) in [6, 6.07) is 37.6. The zero-order chi connectivity index (χ0) is 41.2. The number of benzene rings is 4. The van der Waals surface area contributed by atoms with Crippen molar-refractivity contribution in [3.8, 4) is 22.3 Å². The van der Waals surface area contributed by atoms with Crippen LogP contribution in [0, 0.1) is 86.9 Å². The van der Waals surface area contributed by atoms with Crippen molar-refractivity contribution in [3.63, 3.8) is 0 Å². The molecular weight excluding hydrogens is 887 g/mol. The monoisotopic (exact) mass is 952 g/mol. The molecule has 0 saturated heterocycles. The number of rotatable bonds is 6. The Kier molecular flexibility index (Phi) is 14.4. The first kappa shape index (κ1) is 46.3. The van der Waals surface area contributed by atoms with E-state index in [1.807, 2.05) is 0 Å². The quantitative estimate of drug-likeness (QED) is 0.115. The second kappa shape index (κ2) is 19.3. The molecule has 8 aliphatic carbocycles. The van der Waals surface area contributed by atoms with E-state index >= 15 is 0 Å². The minimum Gasteiger partial charge on any atom is -1.00 e. The second-order valence-electron chi connectivity index (χ2n) is 21.7. The van der Waals surface area contributed by atoms with E-state index in [1.165, 1.54) is 130 Å². The fourth-order valence-corrected chi connectivity index (χ4v) is 14.9. The van der Waals surface area contributed by atoms with Gasteiger partial charge in [-0.3, -0.25) is 0 Å². The van der Waals surface area contributed by atoms with E-state index in [1.54, 1.807) is 47.3 Å². The fourth-order valence-electron chi connectivity index (χ4n) is 14.9. The first-order valence-corrected chi connectivity index (χ1v) is 30.2. The first-order valence-electron chi connectivity index (χ1n) is 24.0. The van der Waals surface area contributed by atoms with Gasteiger partial charge in [-0.2, -0.15) is 12.1 Å². The van der Waals surface area contributed by atoms with Crippen molar-refractivity contribution in [2.75, 3.05) is 0 Å². The molecule has 8 aliphatic rings. The van der Waals surface area contributed by atoms with Gasteiger partial charge in [0.05, 0.1) is 0 Å². The summed E-state index contributed by atoms with van der Waals surface area (Å²) in [5.74, 6) is 10.3. The maximum atomic E-state index is 2.52. The molecule has 6 aromatic carbocycles. The zero-order valence-electron chi connectivity index (χ0n) is 38.3. The molecule has 8 bridgehead atoms. The number of aryl methyl sites for hydroxylation is 4. The molecule has 0 spiro atoms. The van der Waals surface area contributed by atoms with Crippen molar-refractivity contribution < 1.29 is 48.1 Å². The number of hydrogen-bond acceptors (Lipinski definition) is 0. The summed E-state index contributed by atoms with van der Waals surface area (Å²) in [4.78, 5) is 0. The van der Waals surface area contributed by atoms with Crippen LogP contribution < -0.4 is 24.8 Å². The third-order valence-electron chi connectivity index (χ3n) is 16.5. The van der Waals surface area contributed by atoms with Crippen LogP contribution in [0.15, 0.2) is 97.1 Å². The van der Waals surface area contributed by atoms with Gasteiger partial charge in [0, 0.05) is 0 Å². The molecule has 0 nitrogen and oxygen atoms in total. The minimum absolute atomic E-state index is 0. The van der Waals surface area contributed by atoms with Crippen molar-refractivity contribution in [2.24, 2.45) is 59.2 Å². The van der Waals surface area contributed by atoms with Gasteiger partial charge in [0.1, 0.15) is 0 Å². The summed E-state index contributed by atoms with van der Waals surface area (Å²) >= 11 is 1.74. The molecule has 0 heterocycles. The van der Waals surface area contributed by atoms with Gasteiger partial charge in [-0.15, -0.1) is 69.1 Å². The standard InChI is InChI=1S/2C28H31.C2H6Si.2ClH.Zr/c2*1-17-6-18(2)8-23(7-17)26-5-3-4-22-10-21(16-28(22)26)15-27-24-11-19-9-20(13-24)14-25(27)12-19;1-3-2;;;/h2*3-8,10,16,19-20,24-25,27H,9,11-15H2,1-2H3;1-2H3;2*1H;/q2*-1;;;;+2/p-2. The van der Waals surface area contributed by atoms with Gasteiger partial charge >= 0.3 is 41.9 Å². The van der Waals surface area contributed by atoms with Gasteiger partial charge in [-0.05, 0) is 175 Å². The Balaban J connectivity index is 0.000000153. The van der Waals surface area contributed by atoms with E-state index in [-0.39, 0.29) is 30.2 Å². The first-order chi connectivity index (χ1) is 29.0. The maximum Gasteiger partial charge on any atom is -0.0274 e. The minimum atomic E-state index is 0. The van der Waals surface area contributed by atoms with E-state index in [0.29, 0.717) is 0 Å². The van der Waals surface area contributed by atoms with Crippen molar-refractivity contribution in [3.05, 3.63) is 130 Å². The molecule has 62 heavy (non-hydrogen) atoms. The van der Waals surface area contributed by atoms with Crippen LogP contribution in [0.4, 0.5) is 0 Å².